The van der Waals surface area contributed by atoms with E-state index in [1.807, 2.05) is 0 Å². The highest BCUT2D eigenvalue weighted by molar-refractivity contribution is 7.91. The van der Waals surface area contributed by atoms with Crippen molar-refractivity contribution in [2.75, 3.05) is 23.8 Å². The number of hydrogen-bond acceptors (Lipinski definition) is 10. The lowest BCUT2D eigenvalue weighted by atomic mass is 10.0. The molecule has 0 saturated carbocycles. The number of anilines is 2. The summed E-state index contributed by atoms with van der Waals surface area (Å²) in [6, 6.07) is 16.0. The van der Waals surface area contributed by atoms with Crippen molar-refractivity contribution < 1.29 is 32.2 Å². The van der Waals surface area contributed by atoms with Crippen LogP contribution in [0.4, 0.5) is 16.3 Å². The van der Waals surface area contributed by atoms with Gasteiger partial charge in [-0.1, -0.05) is 29.8 Å². The highest BCUT2D eigenvalue weighted by atomic mass is 35.5. The highest BCUT2D eigenvalue weighted by Crippen LogP contribution is 2.41. The summed E-state index contributed by atoms with van der Waals surface area (Å²) < 4.78 is 44.5. The number of methoxy groups -OCH3 is 2. The van der Waals surface area contributed by atoms with Crippen LogP contribution in [-0.2, 0) is 21.5 Å². The Morgan fingerprint density at radius 1 is 1.02 bits per heavy atom. The highest BCUT2D eigenvalue weighted by Gasteiger charge is 2.35. The molecule has 5 aromatic rings. The first kappa shape index (κ1) is 34.1. The zero-order valence-electron chi connectivity index (χ0n) is 26.6. The normalized spacial score (nSPS) is 11.6. The molecule has 0 radical (unpaired) electrons. The second-order valence-corrected chi connectivity index (χ2v) is 13.2. The Morgan fingerprint density at radius 3 is 2.40 bits per heavy atom. The third-order valence-electron chi connectivity index (χ3n) is 6.83. The number of nitrogens with zero attached hydrogens (tertiary/aromatic N) is 5. The van der Waals surface area contributed by atoms with Gasteiger partial charge in [0.2, 0.25) is 5.88 Å². The fourth-order valence-electron chi connectivity index (χ4n) is 5.03. The van der Waals surface area contributed by atoms with Crippen LogP contribution in [0.3, 0.4) is 0 Å². The number of pyridine rings is 1. The van der Waals surface area contributed by atoms with Gasteiger partial charge in [-0.3, -0.25) is 10.1 Å². The minimum Gasteiger partial charge on any atom is -0.480 e. The number of hydrogen-bond donors (Lipinski definition) is 2. The van der Waals surface area contributed by atoms with Gasteiger partial charge in [-0.05, 0) is 68.8 Å². The number of carbonyl (C=O) groups excluding carboxylic acids is 2. The Bertz CT molecular complexity index is 2120. The fraction of sp³-hybridized carbons (Fsp3) is 0.219. The van der Waals surface area contributed by atoms with Crippen molar-refractivity contribution in [3.8, 4) is 23.0 Å². The van der Waals surface area contributed by atoms with Crippen LogP contribution in [0.5, 0.6) is 11.9 Å². The number of aromatic nitrogens is 4. The Hall–Kier alpha value is -5.25. The van der Waals surface area contributed by atoms with Crippen molar-refractivity contribution in [2.45, 2.75) is 32.9 Å². The summed E-state index contributed by atoms with van der Waals surface area (Å²) in [6.45, 7) is 5.20. The molecule has 0 aliphatic heterocycles. The number of amides is 2. The minimum absolute atomic E-state index is 0.00231. The third kappa shape index (κ3) is 7.33. The van der Waals surface area contributed by atoms with Crippen LogP contribution >= 0.6 is 11.6 Å². The van der Waals surface area contributed by atoms with E-state index in [0.29, 0.717) is 25.8 Å². The topological polar surface area (TPSA) is 181 Å². The molecule has 48 heavy (non-hydrogen) atoms. The average Bonchev–Trinajstić information content (AvgIpc) is 3.32. The number of nitrogens with one attached hydrogen (secondary N) is 1. The van der Waals surface area contributed by atoms with E-state index in [2.05, 4.69) is 20.3 Å². The van der Waals surface area contributed by atoms with Crippen molar-refractivity contribution in [1.82, 2.24) is 19.5 Å². The molecular formula is C32H32ClN7O7S. The van der Waals surface area contributed by atoms with E-state index in [4.69, 9.17) is 31.0 Å². The maximum atomic E-state index is 14.7. The largest absolute Gasteiger partial charge is 0.480 e. The number of rotatable bonds is 9. The van der Waals surface area contributed by atoms with Crippen molar-refractivity contribution >= 4 is 56.2 Å². The summed E-state index contributed by atoms with van der Waals surface area (Å²) in [5.74, 6) is -0.746. The van der Waals surface area contributed by atoms with E-state index < -0.39 is 27.8 Å². The Morgan fingerprint density at radius 2 is 1.75 bits per heavy atom. The lowest BCUT2D eigenvalue weighted by Gasteiger charge is -2.22. The molecule has 0 atom stereocenters. The van der Waals surface area contributed by atoms with Gasteiger partial charge in [0.15, 0.2) is 0 Å². The number of ether oxygens (including phenoxy) is 3. The van der Waals surface area contributed by atoms with Crippen molar-refractivity contribution in [3.63, 3.8) is 0 Å². The van der Waals surface area contributed by atoms with Crippen LogP contribution in [0.15, 0.2) is 73.1 Å². The van der Waals surface area contributed by atoms with Crippen molar-refractivity contribution in [2.24, 2.45) is 5.14 Å². The van der Waals surface area contributed by atoms with Gasteiger partial charge in [-0.25, -0.2) is 19.9 Å². The van der Waals surface area contributed by atoms with E-state index in [0.717, 1.165) is 0 Å². The Balaban J connectivity index is 1.78. The van der Waals surface area contributed by atoms with E-state index in [9.17, 15) is 18.0 Å². The molecule has 3 aromatic heterocycles. The number of para-hydroxylation sites is 1. The molecule has 250 valence electrons. The van der Waals surface area contributed by atoms with Gasteiger partial charge in [0, 0.05) is 40.4 Å². The predicted octanol–water partition coefficient (Wildman–Crippen LogP) is 5.41. The molecule has 3 N–H and O–H groups in total. The van der Waals surface area contributed by atoms with Gasteiger partial charge in [0.1, 0.15) is 17.1 Å². The summed E-state index contributed by atoms with van der Waals surface area (Å²) in [5.41, 5.74) is 0.727. The van der Waals surface area contributed by atoms with Gasteiger partial charge >= 0.3 is 22.3 Å². The van der Waals surface area contributed by atoms with E-state index in [1.165, 1.54) is 38.7 Å². The van der Waals surface area contributed by atoms with E-state index in [1.54, 1.807) is 73.9 Å². The first-order valence-electron chi connectivity index (χ1n) is 14.3. The first-order valence-corrected chi connectivity index (χ1v) is 16.2. The van der Waals surface area contributed by atoms with Crippen LogP contribution in [0, 0.1) is 0 Å². The molecule has 16 heteroatoms. The summed E-state index contributed by atoms with van der Waals surface area (Å²) in [5, 5.41) is 9.09. The second kappa shape index (κ2) is 13.5. The lowest BCUT2D eigenvalue weighted by molar-refractivity contribution is 0.0635. The average molecular weight is 694 g/mol. The van der Waals surface area contributed by atoms with Crippen LogP contribution in [0.25, 0.3) is 22.0 Å². The number of fused-ring (bicyclic) bond motifs is 1. The summed E-state index contributed by atoms with van der Waals surface area (Å²) in [6.07, 6.45) is 2.18. The Kier molecular flexibility index (Phi) is 9.57. The van der Waals surface area contributed by atoms with Gasteiger partial charge in [0.05, 0.1) is 25.5 Å². The molecule has 3 heterocycles. The third-order valence-corrected chi connectivity index (χ3v) is 7.95. The zero-order valence-corrected chi connectivity index (χ0v) is 28.2. The zero-order chi connectivity index (χ0) is 34.8. The fourth-order valence-corrected chi connectivity index (χ4v) is 5.94. The second-order valence-electron chi connectivity index (χ2n) is 11.4. The molecule has 5 rings (SSSR count). The van der Waals surface area contributed by atoms with Gasteiger partial charge < -0.3 is 18.8 Å². The van der Waals surface area contributed by atoms with Crippen LogP contribution in [-0.4, -0.2) is 59.8 Å². The Labute approximate surface area is 281 Å². The van der Waals surface area contributed by atoms with Crippen molar-refractivity contribution in [3.05, 3.63) is 89.3 Å². The maximum absolute atomic E-state index is 14.7. The van der Waals surface area contributed by atoms with Crippen LogP contribution < -0.4 is 24.2 Å². The first-order chi connectivity index (χ1) is 22.7. The molecule has 14 nitrogen and oxygen atoms in total. The number of benzene rings is 2. The maximum Gasteiger partial charge on any atom is 0.413 e. The monoisotopic (exact) mass is 693 g/mol. The standard InChI is InChI=1S/C32H32ClN7O7S/c1-32(2,3)47-31(42)37-25-15-19(13-14-35-25)18-39-24-12-11-20(33)16-22(24)26(23-17-36-30(46-5)38-28(23)45-4)27(39)29(41)40(48(34,43)44)21-9-7-6-8-10-21/h6-17H,18H2,1-5H3,(H2,34,43,44)(H,35,37,42). The van der Waals surface area contributed by atoms with E-state index >= 15 is 0 Å². The van der Waals surface area contributed by atoms with Crippen LogP contribution in [0.2, 0.25) is 5.02 Å². The molecule has 0 fully saturated rings. The smallest absolute Gasteiger partial charge is 0.413 e. The van der Waals surface area contributed by atoms with Gasteiger partial charge in [-0.15, -0.1) is 0 Å². The summed E-state index contributed by atoms with van der Waals surface area (Å²) in [4.78, 5) is 40.0. The SMILES string of the molecule is COc1ncc(-c2c(C(=O)N(c3ccccc3)S(N)(=O)=O)n(Cc3ccnc(NC(=O)OC(C)(C)C)c3)c3ccc(Cl)cc23)c(OC)n1. The predicted molar refractivity (Wildman–Crippen MR) is 181 cm³/mol. The molecule has 0 aliphatic carbocycles. The van der Waals surface area contributed by atoms with Crippen LogP contribution in [0.1, 0.15) is 36.8 Å². The number of nitrogens with two attached hydrogens (primary N) is 1. The molecular weight excluding hydrogens is 662 g/mol. The lowest BCUT2D eigenvalue weighted by Crippen LogP contribution is -2.42. The molecule has 0 aliphatic rings. The quantitative estimate of drug-likeness (QED) is 0.203. The molecule has 0 saturated heterocycles. The van der Waals surface area contributed by atoms with Crippen molar-refractivity contribution in [1.29, 1.82) is 0 Å². The minimum atomic E-state index is -4.67. The molecule has 2 amide bonds. The van der Waals surface area contributed by atoms with Gasteiger partial charge in [-0.2, -0.15) is 17.7 Å². The molecule has 2 aromatic carbocycles. The molecule has 0 bridgehead atoms. The summed E-state index contributed by atoms with van der Waals surface area (Å²) >= 11 is 6.48. The van der Waals surface area contributed by atoms with E-state index in [-0.39, 0.29) is 46.8 Å². The molecule has 0 spiro atoms. The number of halogens is 1. The molecule has 0 unspecified atom stereocenters. The number of carbonyl (C=O) groups is 2. The van der Waals surface area contributed by atoms with Gasteiger partial charge in [0.25, 0.3) is 5.91 Å². The summed E-state index contributed by atoms with van der Waals surface area (Å²) in [7, 11) is -1.90.